The van der Waals surface area contributed by atoms with E-state index < -0.39 is 0 Å². The van der Waals surface area contributed by atoms with Crippen LogP contribution in [0.3, 0.4) is 0 Å². The zero-order valence-electron chi connectivity index (χ0n) is 11.9. The molecule has 1 amide bonds. The van der Waals surface area contributed by atoms with E-state index in [4.69, 9.17) is 5.73 Å². The second-order valence-electron chi connectivity index (χ2n) is 5.50. The molecular formula is C13H23N5O. The summed E-state index contributed by atoms with van der Waals surface area (Å²) < 4.78 is 0. The molecule has 1 saturated heterocycles. The molecule has 1 aromatic rings. The Balaban J connectivity index is 2.15. The molecule has 1 aromatic heterocycles. The van der Waals surface area contributed by atoms with Gasteiger partial charge in [0.15, 0.2) is 5.69 Å². The predicted octanol–water partition coefficient (Wildman–Crippen LogP) is 0.893. The molecular weight excluding hydrogens is 242 g/mol. The van der Waals surface area contributed by atoms with Gasteiger partial charge in [-0.25, -0.2) is 0 Å². The Morgan fingerprint density at radius 3 is 2.68 bits per heavy atom. The third kappa shape index (κ3) is 2.89. The first-order valence-corrected chi connectivity index (χ1v) is 6.82. The number of amides is 1. The molecule has 0 radical (unpaired) electrons. The number of rotatable bonds is 2. The summed E-state index contributed by atoms with van der Waals surface area (Å²) in [5.41, 5.74) is 7.74. The van der Waals surface area contributed by atoms with E-state index in [2.05, 4.69) is 22.1 Å². The number of carbonyl (C=O) groups excluding carboxylic acids is 1. The smallest absolute Gasteiger partial charge is 0.276 e. The second-order valence-corrected chi connectivity index (χ2v) is 5.50. The molecule has 6 nitrogen and oxygen atoms in total. The topological polar surface area (TPSA) is 78.2 Å². The normalized spacial score (nSPS) is 17.8. The van der Waals surface area contributed by atoms with Gasteiger partial charge in [0.05, 0.1) is 11.4 Å². The number of aromatic nitrogens is 2. The monoisotopic (exact) mass is 265 g/mol. The Bertz CT molecular complexity index is 454. The highest BCUT2D eigenvalue weighted by Gasteiger charge is 2.24. The standard InChI is InChI=1S/C13H23N5O/c1-9(2)11-10(14)12(16-15-11)13(19)18-6-4-5-17(3)7-8-18/h9H,4-8,14H2,1-3H3,(H,15,16). The van der Waals surface area contributed by atoms with Gasteiger partial charge in [0.25, 0.3) is 5.91 Å². The van der Waals surface area contributed by atoms with Gasteiger partial charge in [-0.2, -0.15) is 5.10 Å². The Morgan fingerprint density at radius 1 is 1.32 bits per heavy atom. The zero-order valence-corrected chi connectivity index (χ0v) is 11.9. The fourth-order valence-corrected chi connectivity index (χ4v) is 2.37. The van der Waals surface area contributed by atoms with Gasteiger partial charge in [-0.05, 0) is 25.9 Å². The Hall–Kier alpha value is -1.56. The van der Waals surface area contributed by atoms with Gasteiger partial charge in [0.2, 0.25) is 0 Å². The lowest BCUT2D eigenvalue weighted by Gasteiger charge is -2.19. The maximum atomic E-state index is 12.5. The average Bonchev–Trinajstić information content (AvgIpc) is 2.60. The van der Waals surface area contributed by atoms with Crippen molar-refractivity contribution in [3.05, 3.63) is 11.4 Å². The molecule has 0 unspecified atom stereocenters. The first-order chi connectivity index (χ1) is 9.00. The van der Waals surface area contributed by atoms with E-state index in [1.54, 1.807) is 0 Å². The summed E-state index contributed by atoms with van der Waals surface area (Å²) in [4.78, 5) is 16.5. The summed E-state index contributed by atoms with van der Waals surface area (Å²) in [5, 5.41) is 6.99. The molecule has 1 aliphatic heterocycles. The lowest BCUT2D eigenvalue weighted by atomic mass is 10.1. The number of nitrogens with one attached hydrogen (secondary N) is 1. The number of nitrogen functional groups attached to an aromatic ring is 1. The van der Waals surface area contributed by atoms with E-state index in [0.29, 0.717) is 11.4 Å². The van der Waals surface area contributed by atoms with Gasteiger partial charge < -0.3 is 15.5 Å². The second kappa shape index (κ2) is 5.61. The summed E-state index contributed by atoms with van der Waals surface area (Å²) in [6.45, 7) is 7.48. The van der Waals surface area contributed by atoms with E-state index in [-0.39, 0.29) is 11.8 Å². The van der Waals surface area contributed by atoms with Crippen LogP contribution < -0.4 is 5.73 Å². The number of hydrogen-bond acceptors (Lipinski definition) is 4. The van der Waals surface area contributed by atoms with Gasteiger partial charge in [0, 0.05) is 19.6 Å². The van der Waals surface area contributed by atoms with Crippen LogP contribution in [0.25, 0.3) is 0 Å². The maximum Gasteiger partial charge on any atom is 0.276 e. The number of H-pyrrole nitrogens is 1. The van der Waals surface area contributed by atoms with Crippen LogP contribution in [-0.2, 0) is 0 Å². The summed E-state index contributed by atoms with van der Waals surface area (Å²) in [5.74, 6) is 0.181. The third-order valence-electron chi connectivity index (χ3n) is 3.62. The summed E-state index contributed by atoms with van der Waals surface area (Å²) in [6.07, 6.45) is 0.990. The van der Waals surface area contributed by atoms with Crippen LogP contribution >= 0.6 is 0 Å². The van der Waals surface area contributed by atoms with E-state index in [9.17, 15) is 4.79 Å². The molecule has 2 heterocycles. The van der Waals surface area contributed by atoms with E-state index in [0.717, 1.165) is 38.3 Å². The number of nitrogens with two attached hydrogens (primary N) is 1. The minimum Gasteiger partial charge on any atom is -0.395 e. The molecule has 1 aliphatic rings. The highest BCUT2D eigenvalue weighted by Crippen LogP contribution is 2.23. The molecule has 0 atom stereocenters. The highest BCUT2D eigenvalue weighted by atomic mass is 16.2. The van der Waals surface area contributed by atoms with Gasteiger partial charge in [-0.1, -0.05) is 13.8 Å². The van der Waals surface area contributed by atoms with Crippen LogP contribution in [0.2, 0.25) is 0 Å². The van der Waals surface area contributed by atoms with Crippen molar-refractivity contribution in [3.63, 3.8) is 0 Å². The molecule has 0 bridgehead atoms. The molecule has 0 spiro atoms. The summed E-state index contributed by atoms with van der Waals surface area (Å²) >= 11 is 0. The molecule has 0 saturated carbocycles. The largest absolute Gasteiger partial charge is 0.395 e. The van der Waals surface area contributed by atoms with Crippen molar-refractivity contribution in [2.24, 2.45) is 0 Å². The van der Waals surface area contributed by atoms with Crippen LogP contribution in [-0.4, -0.2) is 59.1 Å². The fourth-order valence-electron chi connectivity index (χ4n) is 2.37. The van der Waals surface area contributed by atoms with Crippen molar-refractivity contribution in [1.29, 1.82) is 0 Å². The van der Waals surface area contributed by atoms with Crippen molar-refractivity contribution < 1.29 is 4.79 Å². The third-order valence-corrected chi connectivity index (χ3v) is 3.62. The minimum absolute atomic E-state index is 0.0593. The Kier molecular flexibility index (Phi) is 4.09. The van der Waals surface area contributed by atoms with Crippen LogP contribution in [0.4, 0.5) is 5.69 Å². The fraction of sp³-hybridized carbons (Fsp3) is 0.692. The summed E-state index contributed by atoms with van der Waals surface area (Å²) in [7, 11) is 2.08. The van der Waals surface area contributed by atoms with E-state index >= 15 is 0 Å². The van der Waals surface area contributed by atoms with Gasteiger partial charge in [0.1, 0.15) is 0 Å². The zero-order chi connectivity index (χ0) is 14.0. The van der Waals surface area contributed by atoms with Gasteiger partial charge in [-0.3, -0.25) is 9.89 Å². The van der Waals surface area contributed by atoms with Gasteiger partial charge in [-0.15, -0.1) is 0 Å². The predicted molar refractivity (Wildman–Crippen MR) is 75.1 cm³/mol. The van der Waals surface area contributed by atoms with Crippen molar-refractivity contribution in [1.82, 2.24) is 20.0 Å². The molecule has 0 aromatic carbocycles. The van der Waals surface area contributed by atoms with Crippen molar-refractivity contribution in [3.8, 4) is 0 Å². The highest BCUT2D eigenvalue weighted by molar-refractivity contribution is 5.97. The van der Waals surface area contributed by atoms with Crippen molar-refractivity contribution in [2.75, 3.05) is 39.0 Å². The van der Waals surface area contributed by atoms with Crippen molar-refractivity contribution >= 4 is 11.6 Å². The molecule has 0 aliphatic carbocycles. The molecule has 6 heteroatoms. The number of anilines is 1. The molecule has 3 N–H and O–H groups in total. The Labute approximate surface area is 113 Å². The number of aromatic amines is 1. The average molecular weight is 265 g/mol. The Morgan fingerprint density at radius 2 is 2.05 bits per heavy atom. The van der Waals surface area contributed by atoms with Crippen LogP contribution in [0.1, 0.15) is 42.4 Å². The van der Waals surface area contributed by atoms with Crippen LogP contribution in [0.5, 0.6) is 0 Å². The number of nitrogens with zero attached hydrogens (tertiary/aromatic N) is 3. The first-order valence-electron chi connectivity index (χ1n) is 6.82. The van der Waals surface area contributed by atoms with E-state index in [1.807, 2.05) is 18.7 Å². The SMILES string of the molecule is CC(C)c1[nH]nc(C(=O)N2CCCN(C)CC2)c1N. The lowest BCUT2D eigenvalue weighted by Crippen LogP contribution is -2.35. The number of likely N-dealkylation sites (N-methyl/N-ethyl adjacent to an activating group) is 1. The van der Waals surface area contributed by atoms with Gasteiger partial charge >= 0.3 is 0 Å². The van der Waals surface area contributed by atoms with Crippen LogP contribution in [0, 0.1) is 0 Å². The number of carbonyl (C=O) groups is 1. The molecule has 106 valence electrons. The lowest BCUT2D eigenvalue weighted by molar-refractivity contribution is 0.0758. The summed E-state index contributed by atoms with van der Waals surface area (Å²) in [6, 6.07) is 0. The van der Waals surface area contributed by atoms with Crippen molar-refractivity contribution in [2.45, 2.75) is 26.2 Å². The number of hydrogen-bond donors (Lipinski definition) is 2. The van der Waals surface area contributed by atoms with Crippen LogP contribution in [0.15, 0.2) is 0 Å². The quantitative estimate of drug-likeness (QED) is 0.832. The minimum atomic E-state index is -0.0593. The van der Waals surface area contributed by atoms with E-state index in [1.165, 1.54) is 0 Å². The molecule has 2 rings (SSSR count). The molecule has 19 heavy (non-hydrogen) atoms. The molecule has 1 fully saturated rings. The maximum absolute atomic E-state index is 12.5. The first kappa shape index (κ1) is 13.9.